The van der Waals surface area contributed by atoms with E-state index in [4.69, 9.17) is 5.53 Å². The summed E-state index contributed by atoms with van der Waals surface area (Å²) in [5.41, 5.74) is 10.8. The predicted octanol–water partition coefficient (Wildman–Crippen LogP) is 1.69. The van der Waals surface area contributed by atoms with E-state index in [9.17, 15) is 4.79 Å². The average molecular weight is 234 g/mol. The fraction of sp³-hybridized carbons (Fsp3) is 0.600. The Morgan fingerprint density at radius 1 is 1.65 bits per heavy atom. The molecule has 2 rings (SSSR count). The molecule has 1 unspecified atom stereocenters. The zero-order chi connectivity index (χ0) is 12.4. The van der Waals surface area contributed by atoms with Crippen LogP contribution in [0.1, 0.15) is 17.8 Å². The maximum absolute atomic E-state index is 11.9. The highest BCUT2D eigenvalue weighted by molar-refractivity contribution is 5.96. The van der Waals surface area contributed by atoms with E-state index >= 15 is 0 Å². The first kappa shape index (κ1) is 11.5. The second-order valence-electron chi connectivity index (χ2n) is 4.27. The van der Waals surface area contributed by atoms with E-state index in [-0.39, 0.29) is 11.8 Å². The zero-order valence-electron chi connectivity index (χ0n) is 9.84. The number of aromatic nitrogens is 2. The van der Waals surface area contributed by atoms with Gasteiger partial charge in [0.2, 0.25) is 5.91 Å². The minimum atomic E-state index is 0.0655. The molecule has 17 heavy (non-hydrogen) atoms. The molecule has 0 bridgehead atoms. The van der Waals surface area contributed by atoms with Crippen LogP contribution in [-0.2, 0) is 4.79 Å². The van der Waals surface area contributed by atoms with Crippen molar-refractivity contribution < 1.29 is 4.79 Å². The van der Waals surface area contributed by atoms with E-state index in [0.29, 0.717) is 19.5 Å². The minimum Gasteiger partial charge on any atom is -0.309 e. The quantitative estimate of drug-likeness (QED) is 0.489. The fourth-order valence-corrected chi connectivity index (χ4v) is 2.21. The number of nitrogens with one attached hydrogen (secondary N) is 1. The maximum atomic E-state index is 11.9. The average Bonchev–Trinajstić information content (AvgIpc) is 2.80. The Hall–Kier alpha value is -2.01. The first-order valence-electron chi connectivity index (χ1n) is 5.46. The lowest BCUT2D eigenvalue weighted by molar-refractivity contribution is -0.117. The molecule has 1 atom stereocenters. The van der Waals surface area contributed by atoms with Crippen LogP contribution in [0.3, 0.4) is 0 Å². The summed E-state index contributed by atoms with van der Waals surface area (Å²) in [7, 11) is 0. The van der Waals surface area contributed by atoms with Gasteiger partial charge in [-0.3, -0.25) is 9.89 Å². The van der Waals surface area contributed by atoms with Crippen LogP contribution < -0.4 is 4.90 Å². The highest BCUT2D eigenvalue weighted by Gasteiger charge is 2.32. The molecule has 1 aromatic rings. The Bertz CT molecular complexity index is 467. The number of H-pyrrole nitrogens is 1. The highest BCUT2D eigenvalue weighted by atomic mass is 16.2. The molecule has 0 aromatic carbocycles. The van der Waals surface area contributed by atoms with Crippen molar-refractivity contribution in [2.75, 3.05) is 18.0 Å². The Labute approximate surface area is 98.4 Å². The Balaban J connectivity index is 2.18. The molecule has 1 saturated heterocycles. The van der Waals surface area contributed by atoms with Gasteiger partial charge in [0.25, 0.3) is 0 Å². The highest BCUT2D eigenvalue weighted by Crippen LogP contribution is 2.29. The van der Waals surface area contributed by atoms with Crippen molar-refractivity contribution in [2.45, 2.75) is 20.3 Å². The van der Waals surface area contributed by atoms with E-state index in [1.54, 1.807) is 4.90 Å². The molecule has 7 nitrogen and oxygen atoms in total. The normalized spacial score (nSPS) is 19.5. The monoisotopic (exact) mass is 234 g/mol. The third-order valence-electron chi connectivity index (χ3n) is 2.97. The number of aryl methyl sites for hydroxylation is 2. The number of aromatic amines is 1. The van der Waals surface area contributed by atoms with Gasteiger partial charge in [0.05, 0.1) is 17.1 Å². The number of carbonyl (C=O) groups excluding carboxylic acids is 1. The number of anilines is 1. The largest absolute Gasteiger partial charge is 0.309 e. The number of rotatable bonds is 3. The lowest BCUT2D eigenvalue weighted by Crippen LogP contribution is -2.25. The van der Waals surface area contributed by atoms with Gasteiger partial charge in [-0.2, -0.15) is 5.10 Å². The van der Waals surface area contributed by atoms with Crippen LogP contribution in [0.25, 0.3) is 10.4 Å². The number of carbonyl (C=O) groups is 1. The van der Waals surface area contributed by atoms with Crippen LogP contribution in [0, 0.1) is 19.8 Å². The molecule has 2 heterocycles. The minimum absolute atomic E-state index is 0.0655. The number of hydrogen-bond acceptors (Lipinski definition) is 3. The molecule has 0 radical (unpaired) electrons. The molecular weight excluding hydrogens is 220 g/mol. The van der Waals surface area contributed by atoms with Crippen LogP contribution in [0.4, 0.5) is 5.69 Å². The first-order chi connectivity index (χ1) is 8.13. The Morgan fingerprint density at radius 3 is 3.00 bits per heavy atom. The first-order valence-corrected chi connectivity index (χ1v) is 5.46. The predicted molar refractivity (Wildman–Crippen MR) is 62.5 cm³/mol. The van der Waals surface area contributed by atoms with E-state index < -0.39 is 0 Å². The molecule has 0 spiro atoms. The summed E-state index contributed by atoms with van der Waals surface area (Å²) in [5, 5.41) is 10.5. The SMILES string of the molecule is Cc1n[nH]c(C)c1N1CC(CN=[N+]=[N-])CC1=O. The van der Waals surface area contributed by atoms with Crippen LogP contribution in [0.2, 0.25) is 0 Å². The third-order valence-corrected chi connectivity index (χ3v) is 2.97. The van der Waals surface area contributed by atoms with E-state index in [1.165, 1.54) is 0 Å². The lowest BCUT2D eigenvalue weighted by atomic mass is 10.1. The van der Waals surface area contributed by atoms with Crippen molar-refractivity contribution in [1.29, 1.82) is 0 Å². The van der Waals surface area contributed by atoms with Gasteiger partial charge in [0.1, 0.15) is 0 Å². The fourth-order valence-electron chi connectivity index (χ4n) is 2.21. The van der Waals surface area contributed by atoms with Crippen LogP contribution in [-0.4, -0.2) is 29.2 Å². The molecule has 0 saturated carbocycles. The van der Waals surface area contributed by atoms with Gasteiger partial charge >= 0.3 is 0 Å². The van der Waals surface area contributed by atoms with Crippen LogP contribution >= 0.6 is 0 Å². The lowest BCUT2D eigenvalue weighted by Gasteiger charge is -2.16. The van der Waals surface area contributed by atoms with Gasteiger partial charge in [0, 0.05) is 24.4 Å². The molecular formula is C10H14N6O. The maximum Gasteiger partial charge on any atom is 0.227 e. The molecule has 1 aromatic heterocycles. The van der Waals surface area contributed by atoms with Gasteiger partial charge in [-0.1, -0.05) is 5.11 Å². The van der Waals surface area contributed by atoms with Gasteiger partial charge in [0.15, 0.2) is 0 Å². The Morgan fingerprint density at radius 2 is 2.41 bits per heavy atom. The summed E-state index contributed by atoms with van der Waals surface area (Å²) in [5.74, 6) is 0.169. The number of nitrogens with zero attached hydrogens (tertiary/aromatic N) is 5. The molecule has 0 aliphatic carbocycles. The van der Waals surface area contributed by atoms with E-state index in [1.807, 2.05) is 13.8 Å². The van der Waals surface area contributed by atoms with Crippen molar-refractivity contribution in [3.8, 4) is 0 Å². The second kappa shape index (κ2) is 4.47. The topological polar surface area (TPSA) is 97.8 Å². The summed E-state index contributed by atoms with van der Waals surface area (Å²) >= 11 is 0. The van der Waals surface area contributed by atoms with Crippen molar-refractivity contribution in [1.82, 2.24) is 10.2 Å². The van der Waals surface area contributed by atoms with Gasteiger partial charge < -0.3 is 4.90 Å². The molecule has 1 fully saturated rings. The smallest absolute Gasteiger partial charge is 0.227 e. The zero-order valence-corrected chi connectivity index (χ0v) is 9.84. The standard InChI is InChI=1S/C10H14N6O/c1-6-10(7(2)14-13-6)16-5-8(3-9(16)17)4-12-15-11/h8H,3-5H2,1-2H3,(H,13,14). The van der Waals surface area contributed by atoms with Crippen molar-refractivity contribution in [3.63, 3.8) is 0 Å². The Kier molecular flexibility index (Phi) is 3.01. The molecule has 90 valence electrons. The summed E-state index contributed by atoms with van der Waals surface area (Å²) in [6, 6.07) is 0. The van der Waals surface area contributed by atoms with Gasteiger partial charge in [-0.05, 0) is 25.3 Å². The summed E-state index contributed by atoms with van der Waals surface area (Å²) in [4.78, 5) is 16.4. The van der Waals surface area contributed by atoms with Crippen molar-refractivity contribution in [3.05, 3.63) is 21.8 Å². The van der Waals surface area contributed by atoms with E-state index in [2.05, 4.69) is 20.2 Å². The molecule has 1 aliphatic rings. The van der Waals surface area contributed by atoms with Gasteiger partial charge in [-0.25, -0.2) is 0 Å². The number of azide groups is 1. The molecule has 1 aliphatic heterocycles. The van der Waals surface area contributed by atoms with E-state index in [0.717, 1.165) is 17.1 Å². The summed E-state index contributed by atoms with van der Waals surface area (Å²) < 4.78 is 0. The molecule has 7 heteroatoms. The van der Waals surface area contributed by atoms with Gasteiger partial charge in [-0.15, -0.1) is 0 Å². The second-order valence-corrected chi connectivity index (χ2v) is 4.27. The third kappa shape index (κ3) is 2.09. The molecule has 1 amide bonds. The summed E-state index contributed by atoms with van der Waals surface area (Å²) in [6.07, 6.45) is 0.434. The number of amides is 1. The summed E-state index contributed by atoms with van der Waals surface area (Å²) in [6.45, 7) is 4.73. The van der Waals surface area contributed by atoms with Crippen molar-refractivity contribution >= 4 is 11.6 Å². The van der Waals surface area contributed by atoms with Crippen molar-refractivity contribution in [2.24, 2.45) is 11.0 Å². The molecule has 1 N–H and O–H groups in total. The van der Waals surface area contributed by atoms with Crippen LogP contribution in [0.5, 0.6) is 0 Å². The van der Waals surface area contributed by atoms with Crippen LogP contribution in [0.15, 0.2) is 5.11 Å². The number of hydrogen-bond donors (Lipinski definition) is 1.